The molecule has 1 saturated heterocycles. The van der Waals surface area contributed by atoms with Crippen LogP contribution in [0.1, 0.15) is 11.3 Å². The van der Waals surface area contributed by atoms with Gasteiger partial charge in [-0.05, 0) is 12.1 Å². The van der Waals surface area contributed by atoms with Crippen LogP contribution < -0.4 is 4.90 Å². The molecule has 0 atom stereocenters. The molecule has 0 amide bonds. The summed E-state index contributed by atoms with van der Waals surface area (Å²) in [7, 11) is -3.59. The van der Waals surface area contributed by atoms with Crippen LogP contribution in [0.15, 0.2) is 29.0 Å². The summed E-state index contributed by atoms with van der Waals surface area (Å²) in [6.45, 7) is 0.466. The van der Waals surface area contributed by atoms with Crippen molar-refractivity contribution < 1.29 is 21.7 Å². The molecule has 1 aromatic carbocycles. The van der Waals surface area contributed by atoms with E-state index in [4.69, 9.17) is 5.26 Å². The van der Waals surface area contributed by atoms with Gasteiger partial charge in [0.25, 0.3) is 0 Å². The third kappa shape index (κ3) is 3.62. The van der Waals surface area contributed by atoms with E-state index >= 15 is 0 Å². The Balaban J connectivity index is 1.71. The van der Waals surface area contributed by atoms with Crippen LogP contribution in [0, 0.1) is 23.0 Å². The Labute approximate surface area is 143 Å². The standard InChI is InChI=1S/C15H14F2N4O3S/c16-13-7-11(9-18)8-14(17)15(13)20-2-4-21(5-3-20)25(22,23)10-12-1-6-24-19-12/h1,6-8H,2-5,10H2. The fourth-order valence-electron chi connectivity index (χ4n) is 2.71. The Morgan fingerprint density at radius 1 is 1.20 bits per heavy atom. The molecule has 1 aliphatic rings. The lowest BCUT2D eigenvalue weighted by atomic mass is 10.1. The van der Waals surface area contributed by atoms with E-state index in [1.807, 2.05) is 0 Å². The molecule has 1 aliphatic heterocycles. The number of hydrogen-bond acceptors (Lipinski definition) is 6. The molecule has 0 radical (unpaired) electrons. The maximum atomic E-state index is 14.1. The van der Waals surface area contributed by atoms with E-state index in [2.05, 4.69) is 9.68 Å². The summed E-state index contributed by atoms with van der Waals surface area (Å²) in [4.78, 5) is 1.44. The molecule has 2 heterocycles. The van der Waals surface area contributed by atoms with E-state index in [1.165, 1.54) is 21.5 Å². The van der Waals surface area contributed by atoms with Gasteiger partial charge in [-0.25, -0.2) is 17.2 Å². The van der Waals surface area contributed by atoms with Gasteiger partial charge in [0, 0.05) is 32.2 Å². The van der Waals surface area contributed by atoms with E-state index in [-0.39, 0.29) is 43.2 Å². The van der Waals surface area contributed by atoms with Gasteiger partial charge in [-0.3, -0.25) is 0 Å². The summed E-state index contributed by atoms with van der Waals surface area (Å²) < 4.78 is 58.8. The number of rotatable bonds is 4. The average Bonchev–Trinajstić information content (AvgIpc) is 3.07. The Bertz CT molecular complexity index is 878. The van der Waals surface area contributed by atoms with Crippen LogP contribution in [0.25, 0.3) is 0 Å². The Morgan fingerprint density at radius 2 is 1.84 bits per heavy atom. The number of benzene rings is 1. The van der Waals surface area contributed by atoms with Gasteiger partial charge in [0.15, 0.2) is 11.6 Å². The number of sulfonamides is 1. The van der Waals surface area contributed by atoms with Gasteiger partial charge in [0.1, 0.15) is 17.7 Å². The minimum atomic E-state index is -3.59. The van der Waals surface area contributed by atoms with Gasteiger partial charge >= 0.3 is 0 Å². The first-order valence-electron chi connectivity index (χ1n) is 7.42. The lowest BCUT2D eigenvalue weighted by molar-refractivity contribution is 0.378. The number of anilines is 1. The van der Waals surface area contributed by atoms with Crippen LogP contribution in [0.3, 0.4) is 0 Å². The minimum absolute atomic E-state index is 0.0963. The summed E-state index contributed by atoms with van der Waals surface area (Å²) in [6, 6.07) is 5.08. The van der Waals surface area contributed by atoms with Gasteiger partial charge in [-0.15, -0.1) is 0 Å². The van der Waals surface area contributed by atoms with Crippen molar-refractivity contribution in [3.8, 4) is 6.07 Å². The predicted octanol–water partition coefficient (Wildman–Crippen LogP) is 1.48. The second kappa shape index (κ2) is 6.78. The van der Waals surface area contributed by atoms with Crippen molar-refractivity contribution in [1.82, 2.24) is 9.46 Å². The molecular weight excluding hydrogens is 354 g/mol. The van der Waals surface area contributed by atoms with Crippen molar-refractivity contribution in [3.05, 3.63) is 47.4 Å². The molecule has 1 fully saturated rings. The number of aromatic nitrogens is 1. The highest BCUT2D eigenvalue weighted by molar-refractivity contribution is 7.88. The molecule has 0 unspecified atom stereocenters. The first kappa shape index (κ1) is 17.3. The van der Waals surface area contributed by atoms with E-state index < -0.39 is 21.7 Å². The first-order chi connectivity index (χ1) is 11.9. The number of hydrogen-bond donors (Lipinski definition) is 0. The van der Waals surface area contributed by atoms with Crippen LogP contribution in [0.4, 0.5) is 14.5 Å². The largest absolute Gasteiger partial charge is 0.364 e. The molecule has 7 nitrogen and oxygen atoms in total. The van der Waals surface area contributed by atoms with Crippen molar-refractivity contribution in [2.24, 2.45) is 0 Å². The quantitative estimate of drug-likeness (QED) is 0.812. The molecular formula is C15H14F2N4O3S. The number of nitriles is 1. The third-order valence-corrected chi connectivity index (χ3v) is 5.73. The van der Waals surface area contributed by atoms with Crippen LogP contribution in [-0.4, -0.2) is 44.1 Å². The summed E-state index contributed by atoms with van der Waals surface area (Å²) in [5, 5.41) is 12.3. The van der Waals surface area contributed by atoms with Crippen LogP contribution in [0.2, 0.25) is 0 Å². The Kier molecular flexibility index (Phi) is 4.69. The SMILES string of the molecule is N#Cc1cc(F)c(N2CCN(S(=O)(=O)Cc3ccon3)CC2)c(F)c1. The Hall–Kier alpha value is -2.51. The minimum Gasteiger partial charge on any atom is -0.364 e. The van der Waals surface area contributed by atoms with Gasteiger partial charge < -0.3 is 9.42 Å². The molecule has 132 valence electrons. The van der Waals surface area contributed by atoms with Gasteiger partial charge in [-0.2, -0.15) is 9.57 Å². The Morgan fingerprint density at radius 3 is 2.36 bits per heavy atom. The van der Waals surface area contributed by atoms with Crippen LogP contribution in [-0.2, 0) is 15.8 Å². The zero-order valence-corrected chi connectivity index (χ0v) is 13.8. The normalized spacial score (nSPS) is 16.0. The molecule has 0 bridgehead atoms. The fraction of sp³-hybridized carbons (Fsp3) is 0.333. The molecule has 0 aliphatic carbocycles. The van der Waals surface area contributed by atoms with Gasteiger partial charge in [0.2, 0.25) is 10.0 Å². The molecule has 25 heavy (non-hydrogen) atoms. The summed E-state index contributed by atoms with van der Waals surface area (Å²) in [6.07, 6.45) is 1.29. The zero-order chi connectivity index (χ0) is 18.0. The molecule has 3 rings (SSSR count). The zero-order valence-electron chi connectivity index (χ0n) is 13.0. The topological polar surface area (TPSA) is 90.4 Å². The predicted molar refractivity (Wildman–Crippen MR) is 84.0 cm³/mol. The molecule has 2 aromatic rings. The van der Waals surface area contributed by atoms with Crippen molar-refractivity contribution in [1.29, 1.82) is 5.26 Å². The average molecular weight is 368 g/mol. The van der Waals surface area contributed by atoms with Gasteiger partial charge in [0.05, 0.1) is 17.3 Å². The van der Waals surface area contributed by atoms with Crippen LogP contribution in [0.5, 0.6) is 0 Å². The fourth-order valence-corrected chi connectivity index (χ4v) is 4.14. The maximum Gasteiger partial charge on any atom is 0.220 e. The van der Waals surface area contributed by atoms with Crippen molar-refractivity contribution in [3.63, 3.8) is 0 Å². The van der Waals surface area contributed by atoms with Crippen LogP contribution >= 0.6 is 0 Å². The van der Waals surface area contributed by atoms with E-state index in [0.717, 1.165) is 12.1 Å². The molecule has 0 N–H and O–H groups in total. The molecule has 0 saturated carbocycles. The monoisotopic (exact) mass is 368 g/mol. The lowest BCUT2D eigenvalue weighted by Gasteiger charge is -2.35. The smallest absolute Gasteiger partial charge is 0.220 e. The van der Waals surface area contributed by atoms with Crippen molar-refractivity contribution >= 4 is 15.7 Å². The third-order valence-electron chi connectivity index (χ3n) is 3.92. The second-order valence-electron chi connectivity index (χ2n) is 5.53. The van der Waals surface area contributed by atoms with E-state index in [9.17, 15) is 17.2 Å². The number of halogens is 2. The highest BCUT2D eigenvalue weighted by Gasteiger charge is 2.30. The molecule has 1 aromatic heterocycles. The maximum absolute atomic E-state index is 14.1. The summed E-state index contributed by atoms with van der Waals surface area (Å²) in [5.74, 6) is -1.96. The van der Waals surface area contributed by atoms with Crippen molar-refractivity contribution in [2.75, 3.05) is 31.1 Å². The highest BCUT2D eigenvalue weighted by Crippen LogP contribution is 2.26. The second-order valence-corrected chi connectivity index (χ2v) is 7.50. The van der Waals surface area contributed by atoms with Crippen molar-refractivity contribution in [2.45, 2.75) is 5.75 Å². The highest BCUT2D eigenvalue weighted by atomic mass is 32.2. The van der Waals surface area contributed by atoms with E-state index in [1.54, 1.807) is 6.07 Å². The van der Waals surface area contributed by atoms with Gasteiger partial charge in [-0.1, -0.05) is 5.16 Å². The summed E-state index contributed by atoms with van der Waals surface area (Å²) in [5.41, 5.74) is -0.0493. The first-order valence-corrected chi connectivity index (χ1v) is 9.03. The summed E-state index contributed by atoms with van der Waals surface area (Å²) >= 11 is 0. The molecule has 10 heteroatoms. The number of nitrogens with zero attached hydrogens (tertiary/aromatic N) is 4. The van der Waals surface area contributed by atoms with E-state index in [0.29, 0.717) is 5.69 Å². The number of piperazine rings is 1. The lowest BCUT2D eigenvalue weighted by Crippen LogP contribution is -2.49. The molecule has 0 spiro atoms.